The minimum atomic E-state index is -1.07. The molecule has 5 nitrogen and oxygen atoms in total. The van der Waals surface area contributed by atoms with E-state index < -0.39 is 9.99 Å². The molecule has 0 saturated carbocycles. The summed E-state index contributed by atoms with van der Waals surface area (Å²) in [6, 6.07) is 5.26. The molecular weight excluding hydrogens is 262 g/mol. The third-order valence-corrected chi connectivity index (χ3v) is 4.40. The number of nitrogens with zero attached hydrogens (tertiary/aromatic N) is 3. The first-order valence-electron chi connectivity index (χ1n) is 4.47. The molecule has 1 atom stereocenters. The van der Waals surface area contributed by atoms with E-state index in [9.17, 15) is 10.1 Å². The molecule has 1 fully saturated rings. The summed E-state index contributed by atoms with van der Waals surface area (Å²) >= 11 is 3.31. The number of alkyl halides is 1. The summed E-state index contributed by atoms with van der Waals surface area (Å²) in [5.74, 6) is 0. The van der Waals surface area contributed by atoms with Gasteiger partial charge in [0.2, 0.25) is 0 Å². The van der Waals surface area contributed by atoms with Gasteiger partial charge in [0.05, 0.1) is 4.91 Å². The number of halogens is 1. The second kappa shape index (κ2) is 2.99. The first kappa shape index (κ1) is 10.5. The molecule has 0 radical (unpaired) electrons. The third kappa shape index (κ3) is 1.09. The normalized spacial score (nSPS) is 28.8. The van der Waals surface area contributed by atoms with Crippen molar-refractivity contribution in [2.45, 2.75) is 23.8 Å². The quantitative estimate of drug-likeness (QED) is 0.445. The Morgan fingerprint density at radius 3 is 2.67 bits per heavy atom. The molecular formula is C9H10BrN3O2. The molecule has 15 heavy (non-hydrogen) atoms. The summed E-state index contributed by atoms with van der Waals surface area (Å²) in [5, 5.41) is 11.7. The van der Waals surface area contributed by atoms with E-state index in [1.54, 1.807) is 38.2 Å². The predicted molar refractivity (Wildman–Crippen MR) is 57.8 cm³/mol. The van der Waals surface area contributed by atoms with E-state index in [4.69, 9.17) is 0 Å². The molecule has 1 aliphatic heterocycles. The first-order valence-corrected chi connectivity index (χ1v) is 5.26. The van der Waals surface area contributed by atoms with E-state index in [1.807, 2.05) is 0 Å². The van der Waals surface area contributed by atoms with E-state index in [0.717, 1.165) is 0 Å². The average Bonchev–Trinajstić information content (AvgIpc) is 2.27. The number of hydroxylamine groups is 1. The Hall–Kier alpha value is -1.01. The lowest BCUT2D eigenvalue weighted by Crippen LogP contribution is -2.74. The fraction of sp³-hybridized carbons (Fsp3) is 0.444. The minimum absolute atomic E-state index is 0.356. The van der Waals surface area contributed by atoms with Crippen LogP contribution >= 0.6 is 15.9 Å². The van der Waals surface area contributed by atoms with Gasteiger partial charge >= 0.3 is 4.45 Å². The van der Waals surface area contributed by atoms with Crippen LogP contribution in [0.2, 0.25) is 0 Å². The van der Waals surface area contributed by atoms with Crippen molar-refractivity contribution >= 4 is 15.9 Å². The third-order valence-electron chi connectivity index (χ3n) is 2.72. The Morgan fingerprint density at radius 2 is 2.20 bits per heavy atom. The van der Waals surface area contributed by atoms with Crippen molar-refractivity contribution in [2.75, 3.05) is 0 Å². The summed E-state index contributed by atoms with van der Waals surface area (Å²) in [6.45, 7) is 3.38. The molecule has 0 aromatic carbocycles. The maximum Gasteiger partial charge on any atom is 0.362 e. The minimum Gasteiger partial charge on any atom is -0.703 e. The van der Waals surface area contributed by atoms with Crippen molar-refractivity contribution in [3.8, 4) is 0 Å². The first-order chi connectivity index (χ1) is 6.92. The standard InChI is InChI=1S/C9H10BrN3O2/c1-8(2)9(10,13(15)12(8)14)7-5-3-4-6-11-7/h3-6H,1-2H3. The molecule has 2 heterocycles. The zero-order chi connectivity index (χ0) is 11.3. The highest BCUT2D eigenvalue weighted by atomic mass is 79.9. The van der Waals surface area contributed by atoms with Crippen LogP contribution in [-0.2, 0) is 4.45 Å². The smallest absolute Gasteiger partial charge is 0.362 e. The van der Waals surface area contributed by atoms with Gasteiger partial charge in [-0.3, -0.25) is 4.98 Å². The van der Waals surface area contributed by atoms with Gasteiger partial charge in [0.1, 0.15) is 10.6 Å². The second-order valence-corrected chi connectivity index (χ2v) is 5.09. The van der Waals surface area contributed by atoms with E-state index in [2.05, 4.69) is 20.9 Å². The van der Waals surface area contributed by atoms with Crippen LogP contribution < -0.4 is 0 Å². The molecule has 2 rings (SSSR count). The van der Waals surface area contributed by atoms with Crippen LogP contribution in [0.15, 0.2) is 24.4 Å². The number of nitroso groups, excluding NO2 is 1. The van der Waals surface area contributed by atoms with Crippen LogP contribution in [0.4, 0.5) is 0 Å². The lowest BCUT2D eigenvalue weighted by molar-refractivity contribution is -0.837. The van der Waals surface area contributed by atoms with Crippen molar-refractivity contribution < 1.29 is 4.87 Å². The zero-order valence-corrected chi connectivity index (χ0v) is 9.93. The molecule has 1 aromatic heterocycles. The van der Waals surface area contributed by atoms with Crippen LogP contribution in [0.5, 0.6) is 0 Å². The number of hydrazine groups is 1. The molecule has 0 bridgehead atoms. The molecule has 6 heteroatoms. The van der Waals surface area contributed by atoms with Crippen LogP contribution in [0.1, 0.15) is 19.5 Å². The average molecular weight is 272 g/mol. The van der Waals surface area contributed by atoms with Gasteiger partial charge in [0.25, 0.3) is 0 Å². The number of pyridine rings is 1. The van der Waals surface area contributed by atoms with Gasteiger partial charge in [-0.1, -0.05) is 6.07 Å². The van der Waals surface area contributed by atoms with Crippen molar-refractivity contribution in [3.63, 3.8) is 0 Å². The summed E-state index contributed by atoms with van der Waals surface area (Å²) in [6.07, 6.45) is 1.59. The van der Waals surface area contributed by atoms with E-state index in [-0.39, 0.29) is 0 Å². The highest BCUT2D eigenvalue weighted by Crippen LogP contribution is 2.52. The van der Waals surface area contributed by atoms with E-state index >= 15 is 0 Å². The SMILES string of the molecule is CC1(C)N([O-])[N+](=O)C1(Br)c1ccccn1. The Kier molecular flexibility index (Phi) is 2.09. The highest BCUT2D eigenvalue weighted by Gasteiger charge is 2.74. The molecule has 1 saturated heterocycles. The van der Waals surface area contributed by atoms with E-state index in [1.165, 1.54) is 0 Å². The maximum absolute atomic E-state index is 11.5. The topological polar surface area (TPSA) is 59.3 Å². The number of hydrogen-bond acceptors (Lipinski definition) is 3. The summed E-state index contributed by atoms with van der Waals surface area (Å²) in [4.78, 5) is 16.0. The van der Waals surface area contributed by atoms with Gasteiger partial charge < -0.3 is 5.21 Å². The van der Waals surface area contributed by atoms with Gasteiger partial charge in [-0.25, -0.2) is 0 Å². The molecule has 1 aliphatic rings. The van der Waals surface area contributed by atoms with Gasteiger partial charge in [0.15, 0.2) is 5.54 Å². The monoisotopic (exact) mass is 271 g/mol. The number of aromatic nitrogens is 1. The molecule has 1 aromatic rings. The second-order valence-electron chi connectivity index (χ2n) is 3.94. The molecule has 1 unspecified atom stereocenters. The van der Waals surface area contributed by atoms with Crippen molar-refractivity contribution in [1.29, 1.82) is 0 Å². The van der Waals surface area contributed by atoms with Gasteiger partial charge in [-0.05, 0) is 26.0 Å². The predicted octanol–water partition coefficient (Wildman–Crippen LogP) is 1.92. The lowest BCUT2D eigenvalue weighted by Gasteiger charge is -2.51. The largest absolute Gasteiger partial charge is 0.703 e. The van der Waals surface area contributed by atoms with Crippen LogP contribution in [0.3, 0.4) is 0 Å². The Morgan fingerprint density at radius 1 is 1.53 bits per heavy atom. The van der Waals surface area contributed by atoms with Gasteiger partial charge in [-0.2, -0.15) is 5.17 Å². The lowest BCUT2D eigenvalue weighted by atomic mass is 9.88. The summed E-state index contributed by atoms with van der Waals surface area (Å²) < 4.78 is -1.07. The fourth-order valence-electron chi connectivity index (χ4n) is 1.64. The molecule has 0 amide bonds. The Balaban J connectivity index is 2.49. The zero-order valence-electron chi connectivity index (χ0n) is 8.35. The van der Waals surface area contributed by atoms with Crippen molar-refractivity contribution in [2.24, 2.45) is 0 Å². The van der Waals surface area contributed by atoms with Crippen molar-refractivity contribution in [1.82, 2.24) is 10.2 Å². The van der Waals surface area contributed by atoms with Crippen LogP contribution in [0, 0.1) is 10.1 Å². The number of rotatable bonds is 1. The molecule has 0 aliphatic carbocycles. The molecule has 0 spiro atoms. The maximum atomic E-state index is 11.5. The summed E-state index contributed by atoms with van der Waals surface area (Å²) in [5.41, 5.74) is -0.305. The molecule has 80 valence electrons. The van der Waals surface area contributed by atoms with Crippen LogP contribution in [-0.4, -0.2) is 20.6 Å². The Labute approximate surface area is 95.4 Å². The highest BCUT2D eigenvalue weighted by molar-refractivity contribution is 9.09. The fourth-order valence-corrected chi connectivity index (χ4v) is 2.17. The van der Waals surface area contributed by atoms with Crippen molar-refractivity contribution in [3.05, 3.63) is 40.2 Å². The van der Waals surface area contributed by atoms with E-state index in [0.29, 0.717) is 15.7 Å². The van der Waals surface area contributed by atoms with Crippen LogP contribution in [0.25, 0.3) is 0 Å². The summed E-state index contributed by atoms with van der Waals surface area (Å²) in [7, 11) is 0. The van der Waals surface area contributed by atoms with Gasteiger partial charge in [0, 0.05) is 22.1 Å². The Bertz CT molecular complexity index is 409. The number of hydrogen-bond donors (Lipinski definition) is 0. The van der Waals surface area contributed by atoms with Gasteiger partial charge in [-0.15, -0.1) is 0 Å². The molecule has 0 N–H and O–H groups in total.